The Bertz CT molecular complexity index is 1060. The van der Waals surface area contributed by atoms with Crippen LogP contribution < -0.4 is 10.6 Å². The fourth-order valence-electron chi connectivity index (χ4n) is 3.82. The first kappa shape index (κ1) is 20.9. The summed E-state index contributed by atoms with van der Waals surface area (Å²) in [5, 5.41) is 9.91. The van der Waals surface area contributed by atoms with Crippen molar-refractivity contribution in [2.24, 2.45) is 0 Å². The SMILES string of the molecule is O=C(NCCn1nc(-c2ccncc2)c2c1CCCC2)Nc1cccc(C(F)(F)F)c1. The number of halogens is 3. The van der Waals surface area contributed by atoms with Crippen molar-refractivity contribution in [1.82, 2.24) is 20.1 Å². The van der Waals surface area contributed by atoms with E-state index in [2.05, 4.69) is 15.6 Å². The molecule has 0 spiro atoms. The van der Waals surface area contributed by atoms with Crippen molar-refractivity contribution in [3.8, 4) is 11.3 Å². The molecule has 9 heteroatoms. The molecule has 3 aromatic rings. The zero-order valence-electron chi connectivity index (χ0n) is 16.7. The van der Waals surface area contributed by atoms with Crippen LogP contribution >= 0.6 is 0 Å². The minimum Gasteiger partial charge on any atom is -0.336 e. The molecule has 0 aliphatic heterocycles. The van der Waals surface area contributed by atoms with Gasteiger partial charge in [-0.05, 0) is 56.0 Å². The quantitative estimate of drug-likeness (QED) is 0.620. The van der Waals surface area contributed by atoms with Gasteiger partial charge >= 0.3 is 12.2 Å². The van der Waals surface area contributed by atoms with Crippen LogP contribution in [0.3, 0.4) is 0 Å². The second-order valence-electron chi connectivity index (χ2n) is 7.40. The minimum absolute atomic E-state index is 0.0868. The van der Waals surface area contributed by atoms with Crippen molar-refractivity contribution < 1.29 is 18.0 Å². The molecule has 31 heavy (non-hydrogen) atoms. The molecule has 4 rings (SSSR count). The van der Waals surface area contributed by atoms with E-state index in [9.17, 15) is 18.0 Å². The number of carbonyl (C=O) groups excluding carboxylic acids is 1. The number of hydrogen-bond acceptors (Lipinski definition) is 3. The molecule has 2 N–H and O–H groups in total. The standard InChI is InChI=1S/C22H22F3N5O/c23-22(24,25)16-4-3-5-17(14-16)28-21(31)27-12-13-30-19-7-2-1-6-18(19)20(29-30)15-8-10-26-11-9-15/h3-5,8-11,14H,1-2,6-7,12-13H2,(H2,27,28,31). The van der Waals surface area contributed by atoms with E-state index in [0.29, 0.717) is 13.1 Å². The summed E-state index contributed by atoms with van der Waals surface area (Å²) in [4.78, 5) is 16.2. The van der Waals surface area contributed by atoms with Crippen LogP contribution in [0.1, 0.15) is 29.7 Å². The van der Waals surface area contributed by atoms with Crippen molar-refractivity contribution in [3.63, 3.8) is 0 Å². The highest BCUT2D eigenvalue weighted by Crippen LogP contribution is 2.31. The third kappa shape index (κ3) is 4.87. The predicted octanol–water partition coefficient (Wildman–Crippen LogP) is 4.66. The number of carbonyl (C=O) groups is 1. The Morgan fingerprint density at radius 1 is 1.10 bits per heavy atom. The summed E-state index contributed by atoms with van der Waals surface area (Å²) < 4.78 is 40.4. The lowest BCUT2D eigenvalue weighted by molar-refractivity contribution is -0.137. The first-order chi connectivity index (χ1) is 14.9. The molecule has 2 amide bonds. The molecule has 1 aliphatic carbocycles. The van der Waals surface area contributed by atoms with Crippen molar-refractivity contribution >= 4 is 11.7 Å². The summed E-state index contributed by atoms with van der Waals surface area (Å²) in [7, 11) is 0. The Balaban J connectivity index is 1.40. The number of nitrogens with one attached hydrogen (secondary N) is 2. The second kappa shape index (κ2) is 8.79. The van der Waals surface area contributed by atoms with Crippen LogP contribution in [-0.4, -0.2) is 27.3 Å². The lowest BCUT2D eigenvalue weighted by Crippen LogP contribution is -2.32. The van der Waals surface area contributed by atoms with Gasteiger partial charge in [0.2, 0.25) is 0 Å². The van der Waals surface area contributed by atoms with Gasteiger partial charge in [0, 0.05) is 41.4 Å². The molecule has 0 atom stereocenters. The lowest BCUT2D eigenvalue weighted by atomic mass is 9.94. The van der Waals surface area contributed by atoms with Crippen LogP contribution in [0.25, 0.3) is 11.3 Å². The monoisotopic (exact) mass is 429 g/mol. The van der Waals surface area contributed by atoms with Gasteiger partial charge in [-0.15, -0.1) is 0 Å². The summed E-state index contributed by atoms with van der Waals surface area (Å²) in [5.41, 5.74) is 3.66. The maximum Gasteiger partial charge on any atom is 0.416 e. The smallest absolute Gasteiger partial charge is 0.336 e. The van der Waals surface area contributed by atoms with Crippen LogP contribution in [0.5, 0.6) is 0 Å². The number of hydrogen-bond donors (Lipinski definition) is 2. The average Bonchev–Trinajstić information content (AvgIpc) is 3.13. The molecule has 2 heterocycles. The highest BCUT2D eigenvalue weighted by Gasteiger charge is 2.30. The molecular formula is C22H22F3N5O. The fraction of sp³-hybridized carbons (Fsp3) is 0.318. The van der Waals surface area contributed by atoms with E-state index in [1.165, 1.54) is 23.4 Å². The number of urea groups is 1. The zero-order chi connectivity index (χ0) is 21.8. The van der Waals surface area contributed by atoms with Crippen molar-refractivity contribution in [3.05, 3.63) is 65.6 Å². The molecule has 0 radical (unpaired) electrons. The first-order valence-electron chi connectivity index (χ1n) is 10.1. The van der Waals surface area contributed by atoms with Gasteiger partial charge in [-0.1, -0.05) is 6.07 Å². The third-order valence-electron chi connectivity index (χ3n) is 5.27. The fourth-order valence-corrected chi connectivity index (χ4v) is 3.82. The normalized spacial score (nSPS) is 13.5. The topological polar surface area (TPSA) is 71.8 Å². The summed E-state index contributed by atoms with van der Waals surface area (Å²) in [5.74, 6) is 0. The van der Waals surface area contributed by atoms with Gasteiger partial charge in [0.1, 0.15) is 0 Å². The molecule has 0 bridgehead atoms. The molecular weight excluding hydrogens is 407 g/mol. The Labute approximate surface area is 177 Å². The lowest BCUT2D eigenvalue weighted by Gasteiger charge is -2.15. The number of alkyl halides is 3. The van der Waals surface area contributed by atoms with Gasteiger partial charge in [0.05, 0.1) is 17.8 Å². The zero-order valence-corrected chi connectivity index (χ0v) is 16.7. The molecule has 2 aromatic heterocycles. The van der Waals surface area contributed by atoms with Crippen molar-refractivity contribution in [1.29, 1.82) is 0 Å². The number of aromatic nitrogens is 3. The Hall–Kier alpha value is -3.36. The molecule has 0 fully saturated rings. The Kier molecular flexibility index (Phi) is 5.92. The maximum absolute atomic E-state index is 12.8. The number of amides is 2. The van der Waals surface area contributed by atoms with Crippen LogP contribution in [0.4, 0.5) is 23.7 Å². The van der Waals surface area contributed by atoms with Crippen LogP contribution in [0, 0.1) is 0 Å². The molecule has 6 nitrogen and oxygen atoms in total. The molecule has 0 saturated heterocycles. The molecule has 162 valence electrons. The number of benzene rings is 1. The summed E-state index contributed by atoms with van der Waals surface area (Å²) in [6, 6.07) is 7.85. The second-order valence-corrected chi connectivity index (χ2v) is 7.40. The number of anilines is 1. The van der Waals surface area contributed by atoms with E-state index in [1.54, 1.807) is 12.4 Å². The Morgan fingerprint density at radius 3 is 2.65 bits per heavy atom. The van der Waals surface area contributed by atoms with Crippen LogP contribution in [0.2, 0.25) is 0 Å². The molecule has 0 unspecified atom stereocenters. The summed E-state index contributed by atoms with van der Waals surface area (Å²) in [6.07, 6.45) is 3.14. The van der Waals surface area contributed by atoms with E-state index in [4.69, 9.17) is 5.10 Å². The molecule has 0 saturated carbocycles. The average molecular weight is 429 g/mol. The number of nitrogens with zero attached hydrogens (tertiary/aromatic N) is 3. The maximum atomic E-state index is 12.8. The highest BCUT2D eigenvalue weighted by atomic mass is 19.4. The van der Waals surface area contributed by atoms with Gasteiger partial charge in [0.25, 0.3) is 0 Å². The summed E-state index contributed by atoms with van der Waals surface area (Å²) >= 11 is 0. The van der Waals surface area contributed by atoms with Gasteiger partial charge in [-0.3, -0.25) is 9.67 Å². The first-order valence-corrected chi connectivity index (χ1v) is 10.1. The van der Waals surface area contributed by atoms with Crippen LogP contribution in [0.15, 0.2) is 48.8 Å². The van der Waals surface area contributed by atoms with E-state index < -0.39 is 17.8 Å². The molecule has 1 aromatic carbocycles. The van der Waals surface area contributed by atoms with Crippen LogP contribution in [-0.2, 0) is 25.6 Å². The predicted molar refractivity (Wildman–Crippen MR) is 111 cm³/mol. The van der Waals surface area contributed by atoms with Gasteiger partial charge < -0.3 is 10.6 Å². The Morgan fingerprint density at radius 2 is 1.87 bits per heavy atom. The molecule has 1 aliphatic rings. The van der Waals surface area contributed by atoms with Gasteiger partial charge in [-0.25, -0.2) is 4.79 Å². The van der Waals surface area contributed by atoms with E-state index in [0.717, 1.165) is 49.1 Å². The van der Waals surface area contributed by atoms with E-state index >= 15 is 0 Å². The van der Waals surface area contributed by atoms with Crippen molar-refractivity contribution in [2.45, 2.75) is 38.4 Å². The van der Waals surface area contributed by atoms with Gasteiger partial charge in [0.15, 0.2) is 0 Å². The number of fused-ring (bicyclic) bond motifs is 1. The number of rotatable bonds is 5. The van der Waals surface area contributed by atoms with E-state index in [1.807, 2.05) is 16.8 Å². The number of pyridine rings is 1. The van der Waals surface area contributed by atoms with Crippen molar-refractivity contribution in [2.75, 3.05) is 11.9 Å². The van der Waals surface area contributed by atoms with Gasteiger partial charge in [-0.2, -0.15) is 18.3 Å². The summed E-state index contributed by atoms with van der Waals surface area (Å²) in [6.45, 7) is 0.776. The van der Waals surface area contributed by atoms with E-state index in [-0.39, 0.29) is 5.69 Å². The highest BCUT2D eigenvalue weighted by molar-refractivity contribution is 5.89. The third-order valence-corrected chi connectivity index (χ3v) is 5.27. The minimum atomic E-state index is -4.46. The largest absolute Gasteiger partial charge is 0.416 e.